The van der Waals surface area contributed by atoms with Crippen LogP contribution in [0.1, 0.15) is 24.2 Å². The molecule has 2 unspecified atom stereocenters. The van der Waals surface area contributed by atoms with E-state index in [1.165, 1.54) is 5.56 Å². The van der Waals surface area contributed by atoms with Crippen LogP contribution in [0.2, 0.25) is 5.02 Å². The van der Waals surface area contributed by atoms with Gasteiger partial charge in [0.1, 0.15) is 0 Å². The molecule has 0 aliphatic carbocycles. The average molecular weight is 304 g/mol. The molecule has 0 aromatic heterocycles. The van der Waals surface area contributed by atoms with E-state index in [0.717, 1.165) is 23.7 Å². The Labute approximate surface area is 132 Å². The highest BCUT2D eigenvalue weighted by Crippen LogP contribution is 2.22. The van der Waals surface area contributed by atoms with E-state index in [4.69, 9.17) is 11.6 Å². The fraction of sp³-hybridized carbons (Fsp3) is 0.333. The van der Waals surface area contributed by atoms with E-state index in [9.17, 15) is 5.11 Å². The lowest BCUT2D eigenvalue weighted by Gasteiger charge is -2.25. The third-order valence-electron chi connectivity index (χ3n) is 3.62. The van der Waals surface area contributed by atoms with Crippen molar-refractivity contribution in [2.24, 2.45) is 5.92 Å². The fourth-order valence-electron chi connectivity index (χ4n) is 2.58. The normalized spacial score (nSPS) is 14.1. The molecule has 2 aromatic carbocycles. The van der Waals surface area contributed by atoms with Crippen molar-refractivity contribution in [2.75, 3.05) is 13.6 Å². The van der Waals surface area contributed by atoms with E-state index < -0.39 is 6.10 Å². The quantitative estimate of drug-likeness (QED) is 0.867. The second kappa shape index (κ2) is 7.60. The summed E-state index contributed by atoms with van der Waals surface area (Å²) in [6.45, 7) is 3.72. The topological polar surface area (TPSA) is 23.5 Å². The van der Waals surface area contributed by atoms with Crippen LogP contribution in [-0.4, -0.2) is 23.6 Å². The van der Waals surface area contributed by atoms with Crippen LogP contribution in [-0.2, 0) is 6.54 Å². The number of rotatable bonds is 6. The Hall–Kier alpha value is -1.35. The number of aliphatic hydroxyl groups excluding tert-OH is 1. The largest absolute Gasteiger partial charge is 0.388 e. The molecule has 0 bridgehead atoms. The highest BCUT2D eigenvalue weighted by Gasteiger charge is 2.17. The summed E-state index contributed by atoms with van der Waals surface area (Å²) in [5.74, 6) is 0.164. The average Bonchev–Trinajstić information content (AvgIpc) is 2.47. The number of halogens is 1. The van der Waals surface area contributed by atoms with E-state index in [-0.39, 0.29) is 5.92 Å². The molecule has 2 rings (SSSR count). The van der Waals surface area contributed by atoms with Gasteiger partial charge >= 0.3 is 0 Å². The zero-order valence-corrected chi connectivity index (χ0v) is 13.3. The molecule has 0 heterocycles. The van der Waals surface area contributed by atoms with Crippen LogP contribution in [0.5, 0.6) is 0 Å². The van der Waals surface area contributed by atoms with Gasteiger partial charge in [0.05, 0.1) is 6.10 Å². The van der Waals surface area contributed by atoms with E-state index in [0.29, 0.717) is 0 Å². The summed E-state index contributed by atoms with van der Waals surface area (Å²) in [7, 11) is 2.06. The summed E-state index contributed by atoms with van der Waals surface area (Å²) in [6.07, 6.45) is -0.437. The number of nitrogens with zero attached hydrogens (tertiary/aromatic N) is 1. The molecule has 2 aromatic rings. The van der Waals surface area contributed by atoms with Crippen molar-refractivity contribution in [1.82, 2.24) is 4.90 Å². The standard InChI is InChI=1S/C18H22ClNO/c1-14(18(21)16-8-4-3-5-9-16)12-20(2)13-15-7-6-10-17(19)11-15/h3-11,14,18,21H,12-13H2,1-2H3. The van der Waals surface area contributed by atoms with Crippen molar-refractivity contribution in [3.05, 3.63) is 70.7 Å². The molecule has 0 amide bonds. The first-order valence-corrected chi connectivity index (χ1v) is 7.60. The third kappa shape index (κ3) is 4.85. The van der Waals surface area contributed by atoms with Crippen LogP contribution in [0.4, 0.5) is 0 Å². The van der Waals surface area contributed by atoms with Crippen LogP contribution >= 0.6 is 11.6 Å². The van der Waals surface area contributed by atoms with Gasteiger partial charge in [0, 0.05) is 18.1 Å². The molecule has 0 saturated carbocycles. The maximum atomic E-state index is 10.4. The molecule has 0 aliphatic rings. The highest BCUT2D eigenvalue weighted by molar-refractivity contribution is 6.30. The SMILES string of the molecule is CC(CN(C)Cc1cccc(Cl)c1)C(O)c1ccccc1. The van der Waals surface area contributed by atoms with Crippen molar-refractivity contribution in [1.29, 1.82) is 0 Å². The summed E-state index contributed by atoms with van der Waals surface area (Å²) >= 11 is 6.01. The first-order valence-electron chi connectivity index (χ1n) is 7.22. The maximum absolute atomic E-state index is 10.4. The van der Waals surface area contributed by atoms with E-state index in [1.807, 2.05) is 48.5 Å². The number of hydrogen-bond acceptors (Lipinski definition) is 2. The fourth-order valence-corrected chi connectivity index (χ4v) is 2.79. The molecule has 0 radical (unpaired) electrons. The van der Waals surface area contributed by atoms with Gasteiger partial charge in [0.15, 0.2) is 0 Å². The number of benzene rings is 2. The summed E-state index contributed by atoms with van der Waals surface area (Å²) in [6, 6.07) is 17.7. The summed E-state index contributed by atoms with van der Waals surface area (Å²) in [4.78, 5) is 2.21. The molecule has 0 aliphatic heterocycles. The first kappa shape index (κ1) is 16.0. The van der Waals surface area contributed by atoms with Gasteiger partial charge in [0.25, 0.3) is 0 Å². The Morgan fingerprint density at radius 2 is 1.81 bits per heavy atom. The molecule has 0 fully saturated rings. The van der Waals surface area contributed by atoms with Gasteiger partial charge in [-0.05, 0) is 36.2 Å². The molecule has 3 heteroatoms. The minimum absolute atomic E-state index is 0.164. The van der Waals surface area contributed by atoms with Crippen LogP contribution in [0.25, 0.3) is 0 Å². The van der Waals surface area contributed by atoms with Crippen LogP contribution < -0.4 is 0 Å². The van der Waals surface area contributed by atoms with E-state index in [2.05, 4.69) is 24.9 Å². The minimum atomic E-state index is -0.437. The molecular weight excluding hydrogens is 282 g/mol. The number of aliphatic hydroxyl groups is 1. The van der Waals surface area contributed by atoms with Crippen molar-refractivity contribution >= 4 is 11.6 Å². The molecule has 0 saturated heterocycles. The smallest absolute Gasteiger partial charge is 0.0827 e. The summed E-state index contributed by atoms with van der Waals surface area (Å²) in [5.41, 5.74) is 2.16. The Morgan fingerprint density at radius 3 is 2.48 bits per heavy atom. The lowest BCUT2D eigenvalue weighted by atomic mass is 9.97. The zero-order chi connectivity index (χ0) is 15.2. The molecular formula is C18H22ClNO. The monoisotopic (exact) mass is 303 g/mol. The predicted octanol–water partition coefficient (Wildman–Crippen LogP) is 4.14. The Bertz CT molecular complexity index is 558. The highest BCUT2D eigenvalue weighted by atomic mass is 35.5. The van der Waals surface area contributed by atoms with Gasteiger partial charge in [-0.3, -0.25) is 0 Å². The lowest BCUT2D eigenvalue weighted by molar-refractivity contribution is 0.0933. The first-order chi connectivity index (χ1) is 10.1. The molecule has 112 valence electrons. The molecule has 1 N–H and O–H groups in total. The van der Waals surface area contributed by atoms with Crippen molar-refractivity contribution < 1.29 is 5.11 Å². The Morgan fingerprint density at radius 1 is 1.10 bits per heavy atom. The van der Waals surface area contributed by atoms with Gasteiger partial charge < -0.3 is 10.0 Å². The van der Waals surface area contributed by atoms with Crippen LogP contribution in [0, 0.1) is 5.92 Å². The van der Waals surface area contributed by atoms with E-state index >= 15 is 0 Å². The maximum Gasteiger partial charge on any atom is 0.0827 e. The molecule has 2 nitrogen and oxygen atoms in total. The van der Waals surface area contributed by atoms with Gasteiger partial charge in [-0.2, -0.15) is 0 Å². The molecule has 0 spiro atoms. The predicted molar refractivity (Wildman–Crippen MR) is 88.4 cm³/mol. The van der Waals surface area contributed by atoms with Crippen LogP contribution in [0.15, 0.2) is 54.6 Å². The Balaban J connectivity index is 1.91. The lowest BCUT2D eigenvalue weighted by Crippen LogP contribution is -2.27. The van der Waals surface area contributed by atoms with Crippen molar-refractivity contribution in [2.45, 2.75) is 19.6 Å². The molecule has 2 atom stereocenters. The van der Waals surface area contributed by atoms with Crippen molar-refractivity contribution in [3.63, 3.8) is 0 Å². The van der Waals surface area contributed by atoms with Gasteiger partial charge in [-0.15, -0.1) is 0 Å². The Kier molecular flexibility index (Phi) is 5.80. The second-order valence-electron chi connectivity index (χ2n) is 5.66. The minimum Gasteiger partial charge on any atom is -0.388 e. The van der Waals surface area contributed by atoms with Gasteiger partial charge in [-0.25, -0.2) is 0 Å². The zero-order valence-electron chi connectivity index (χ0n) is 12.5. The van der Waals surface area contributed by atoms with Crippen molar-refractivity contribution in [3.8, 4) is 0 Å². The third-order valence-corrected chi connectivity index (χ3v) is 3.86. The summed E-state index contributed by atoms with van der Waals surface area (Å²) < 4.78 is 0. The van der Waals surface area contributed by atoms with Gasteiger partial charge in [-0.1, -0.05) is 61.0 Å². The van der Waals surface area contributed by atoms with Gasteiger partial charge in [0.2, 0.25) is 0 Å². The number of hydrogen-bond donors (Lipinski definition) is 1. The molecule has 21 heavy (non-hydrogen) atoms. The van der Waals surface area contributed by atoms with Crippen LogP contribution in [0.3, 0.4) is 0 Å². The summed E-state index contributed by atoms with van der Waals surface area (Å²) in [5, 5.41) is 11.2. The second-order valence-corrected chi connectivity index (χ2v) is 6.10. The van der Waals surface area contributed by atoms with E-state index in [1.54, 1.807) is 0 Å².